The van der Waals surface area contributed by atoms with Crippen LogP contribution in [0.2, 0.25) is 0 Å². The quantitative estimate of drug-likeness (QED) is 0.478. The van der Waals surface area contributed by atoms with E-state index in [0.717, 1.165) is 0 Å². The lowest BCUT2D eigenvalue weighted by Crippen LogP contribution is -1.98. The van der Waals surface area contributed by atoms with Crippen LogP contribution in [-0.2, 0) is 19.4 Å². The first-order valence-electron chi connectivity index (χ1n) is 2.34. The predicted octanol–water partition coefficient (Wildman–Crippen LogP) is 1.53. The van der Waals surface area contributed by atoms with Crippen molar-refractivity contribution >= 4 is 12.3 Å². The average molecular weight is 184 g/mol. The fourth-order valence-corrected chi connectivity index (χ4v) is 0.203. The molecule has 0 saturated carbocycles. The van der Waals surface area contributed by atoms with Gasteiger partial charge in [-0.2, -0.15) is 0 Å². The van der Waals surface area contributed by atoms with Gasteiger partial charge in [0.1, 0.15) is 12.5 Å². The van der Waals surface area contributed by atoms with Gasteiger partial charge in [0.25, 0.3) is 0 Å². The normalized spacial score (nSPS) is 9.17. The topological polar surface area (TPSA) is 71.1 Å². The SMILES string of the molecule is O=C(OF)O/C=C/OC(=O)OF. The van der Waals surface area contributed by atoms with Crippen LogP contribution in [0.5, 0.6) is 0 Å². The van der Waals surface area contributed by atoms with Crippen molar-refractivity contribution in [3.05, 3.63) is 12.5 Å². The second kappa shape index (κ2) is 5.89. The van der Waals surface area contributed by atoms with Crippen molar-refractivity contribution in [2.24, 2.45) is 0 Å². The van der Waals surface area contributed by atoms with Gasteiger partial charge >= 0.3 is 12.3 Å². The van der Waals surface area contributed by atoms with Crippen LogP contribution in [0, 0.1) is 0 Å². The number of hydrogen-bond donors (Lipinski definition) is 0. The van der Waals surface area contributed by atoms with E-state index in [2.05, 4.69) is 19.4 Å². The first kappa shape index (κ1) is 10.1. The molecule has 0 aromatic heterocycles. The Labute approximate surface area is 64.1 Å². The number of ether oxygens (including phenoxy) is 2. The minimum Gasteiger partial charge on any atom is -0.398 e. The van der Waals surface area contributed by atoms with Gasteiger partial charge in [0, 0.05) is 9.05 Å². The highest BCUT2D eigenvalue weighted by Crippen LogP contribution is 1.89. The minimum atomic E-state index is -1.66. The molecule has 12 heavy (non-hydrogen) atoms. The summed E-state index contributed by atoms with van der Waals surface area (Å²) < 4.78 is 29.1. The molecule has 0 saturated heterocycles. The molecule has 0 N–H and O–H groups in total. The molecule has 0 aromatic carbocycles. The molecule has 0 atom stereocenters. The number of rotatable bonds is 2. The Kier molecular flexibility index (Phi) is 4.98. The molecule has 0 spiro atoms. The fourth-order valence-electron chi connectivity index (χ4n) is 0.203. The van der Waals surface area contributed by atoms with E-state index in [-0.39, 0.29) is 0 Å². The van der Waals surface area contributed by atoms with Crippen LogP contribution in [0.25, 0.3) is 0 Å². The number of carbonyl (C=O) groups is 2. The second-order valence-electron chi connectivity index (χ2n) is 1.16. The Morgan fingerprint density at radius 3 is 1.50 bits per heavy atom. The zero-order valence-electron chi connectivity index (χ0n) is 5.36. The summed E-state index contributed by atoms with van der Waals surface area (Å²) in [6, 6.07) is 0. The van der Waals surface area contributed by atoms with Crippen LogP contribution in [0.4, 0.5) is 18.6 Å². The lowest BCUT2D eigenvalue weighted by atomic mass is 11.0. The monoisotopic (exact) mass is 184 g/mol. The maximum atomic E-state index is 10.8. The molecule has 0 amide bonds. The average Bonchev–Trinajstić information content (AvgIpc) is 2.11. The van der Waals surface area contributed by atoms with Gasteiger partial charge in [-0.05, 0) is 0 Å². The molecule has 0 aromatic rings. The largest absolute Gasteiger partial charge is 0.550 e. The summed E-state index contributed by atoms with van der Waals surface area (Å²) in [5.74, 6) is 0. The fraction of sp³-hybridized carbons (Fsp3) is 0. The standard InChI is InChI=1S/C4H2F2O6/c5-11-3(7)9-1-2-10-4(8)12-6/h1-2H/b2-1+. The Bertz CT molecular complexity index is 170. The molecule has 68 valence electrons. The van der Waals surface area contributed by atoms with Crippen molar-refractivity contribution in [3.63, 3.8) is 0 Å². The number of carbonyl (C=O) groups excluding carboxylic acids is 2. The molecule has 0 unspecified atom stereocenters. The van der Waals surface area contributed by atoms with Gasteiger partial charge in [-0.25, -0.2) is 19.5 Å². The zero-order valence-corrected chi connectivity index (χ0v) is 5.36. The minimum absolute atomic E-state index is 0.443. The first-order valence-corrected chi connectivity index (χ1v) is 2.34. The van der Waals surface area contributed by atoms with E-state index in [9.17, 15) is 18.6 Å². The Balaban J connectivity index is 3.50. The van der Waals surface area contributed by atoms with Crippen molar-refractivity contribution in [1.82, 2.24) is 0 Å². The molecule has 0 aliphatic rings. The first-order chi connectivity index (χ1) is 5.70. The molecule has 0 heterocycles. The molecule has 0 fully saturated rings. The molecule has 0 aliphatic heterocycles. The van der Waals surface area contributed by atoms with E-state index in [0.29, 0.717) is 12.5 Å². The van der Waals surface area contributed by atoms with Gasteiger partial charge in [0.05, 0.1) is 0 Å². The van der Waals surface area contributed by atoms with Gasteiger partial charge in [0.15, 0.2) is 0 Å². The summed E-state index contributed by atoms with van der Waals surface area (Å²) >= 11 is 0. The number of halogens is 2. The van der Waals surface area contributed by atoms with E-state index in [1.807, 2.05) is 0 Å². The summed E-state index contributed by atoms with van der Waals surface area (Å²) in [7, 11) is 0. The van der Waals surface area contributed by atoms with Gasteiger partial charge in [-0.3, -0.25) is 0 Å². The van der Waals surface area contributed by atoms with Gasteiger partial charge in [0.2, 0.25) is 0 Å². The maximum absolute atomic E-state index is 10.8. The van der Waals surface area contributed by atoms with E-state index in [1.165, 1.54) is 0 Å². The Hall–Kier alpha value is -1.86. The van der Waals surface area contributed by atoms with Gasteiger partial charge in [-0.15, -0.1) is 0 Å². The summed E-state index contributed by atoms with van der Waals surface area (Å²) in [5, 5.41) is 0. The molecule has 0 bridgehead atoms. The summed E-state index contributed by atoms with van der Waals surface area (Å²) in [4.78, 5) is 24.7. The van der Waals surface area contributed by atoms with Crippen LogP contribution in [0.15, 0.2) is 12.5 Å². The third-order valence-corrected chi connectivity index (χ3v) is 0.510. The molecule has 6 nitrogen and oxygen atoms in total. The lowest BCUT2D eigenvalue weighted by molar-refractivity contribution is -0.0944. The molecule has 0 aliphatic carbocycles. The molecular weight excluding hydrogens is 182 g/mol. The third-order valence-electron chi connectivity index (χ3n) is 0.510. The van der Waals surface area contributed by atoms with Gasteiger partial charge in [-0.1, -0.05) is 0 Å². The van der Waals surface area contributed by atoms with E-state index in [4.69, 9.17) is 0 Å². The number of hydrogen-bond acceptors (Lipinski definition) is 6. The van der Waals surface area contributed by atoms with Crippen LogP contribution < -0.4 is 0 Å². The summed E-state index contributed by atoms with van der Waals surface area (Å²) in [6.45, 7) is 0. The van der Waals surface area contributed by atoms with Gasteiger partial charge < -0.3 is 9.47 Å². The van der Waals surface area contributed by atoms with Crippen molar-refractivity contribution in [2.45, 2.75) is 0 Å². The predicted molar refractivity (Wildman–Crippen MR) is 26.5 cm³/mol. The maximum Gasteiger partial charge on any atom is 0.550 e. The highest BCUT2D eigenvalue weighted by Gasteiger charge is 2.01. The van der Waals surface area contributed by atoms with Crippen molar-refractivity contribution in [3.8, 4) is 0 Å². The van der Waals surface area contributed by atoms with Crippen LogP contribution >= 0.6 is 0 Å². The highest BCUT2D eigenvalue weighted by atomic mass is 19.3. The molecule has 0 rings (SSSR count). The smallest absolute Gasteiger partial charge is 0.398 e. The van der Waals surface area contributed by atoms with E-state index in [1.54, 1.807) is 0 Å². The van der Waals surface area contributed by atoms with Crippen LogP contribution in [-0.4, -0.2) is 12.3 Å². The van der Waals surface area contributed by atoms with Crippen LogP contribution in [0.3, 0.4) is 0 Å². The molecule has 0 radical (unpaired) electrons. The summed E-state index contributed by atoms with van der Waals surface area (Å²) in [5.41, 5.74) is 0. The van der Waals surface area contributed by atoms with E-state index < -0.39 is 12.3 Å². The van der Waals surface area contributed by atoms with Crippen LogP contribution in [0.1, 0.15) is 0 Å². The molecular formula is C4H2F2O6. The zero-order chi connectivity index (χ0) is 9.40. The molecule has 8 heteroatoms. The Morgan fingerprint density at radius 1 is 0.917 bits per heavy atom. The van der Waals surface area contributed by atoms with E-state index >= 15 is 0 Å². The Morgan fingerprint density at radius 2 is 1.25 bits per heavy atom. The highest BCUT2D eigenvalue weighted by molar-refractivity contribution is 5.60. The summed E-state index contributed by atoms with van der Waals surface area (Å²) in [6.07, 6.45) is -2.44. The third kappa shape index (κ3) is 4.97. The van der Waals surface area contributed by atoms with Crippen molar-refractivity contribution in [1.29, 1.82) is 0 Å². The van der Waals surface area contributed by atoms with Crippen molar-refractivity contribution < 1.29 is 38.0 Å². The lowest BCUT2D eigenvalue weighted by Gasteiger charge is -1.91. The second-order valence-corrected chi connectivity index (χ2v) is 1.16. The van der Waals surface area contributed by atoms with Crippen molar-refractivity contribution in [2.75, 3.05) is 0 Å².